The Morgan fingerprint density at radius 2 is 0.852 bits per heavy atom. The number of amides is 5. The van der Waals surface area contributed by atoms with Crippen LogP contribution in [0.15, 0.2) is 0 Å². The highest BCUT2D eigenvalue weighted by atomic mass is 32.1. The summed E-state index contributed by atoms with van der Waals surface area (Å²) in [5.41, 5.74) is 5.13. The molecule has 61 heavy (non-hydrogen) atoms. The SMILES string of the molecule is NC(=O)[C@H](CS)NC(=O)COCCOCCNC(=O)COCCOCCNC(=O)[C@H](CCC(=O)O)NC(=O)CCCCCCCCCCCCCCCCCCCCC(=O)O. The molecule has 0 radical (unpaired) electrons. The van der Waals surface area contributed by atoms with E-state index in [0.29, 0.717) is 6.42 Å². The van der Waals surface area contributed by atoms with Crippen LogP contribution in [0.1, 0.15) is 141 Å². The molecule has 0 heterocycles. The van der Waals surface area contributed by atoms with Crippen molar-refractivity contribution in [1.82, 2.24) is 21.3 Å². The molecule has 0 aromatic carbocycles. The first-order valence-corrected chi connectivity index (χ1v) is 22.9. The summed E-state index contributed by atoms with van der Waals surface area (Å²) in [6.45, 7) is 0.920. The number of unbranched alkanes of at least 4 members (excludes halogenated alkanes) is 17. The smallest absolute Gasteiger partial charge is 0.303 e. The fraction of sp³-hybridized carbons (Fsp3) is 0.833. The summed E-state index contributed by atoms with van der Waals surface area (Å²) >= 11 is 3.94. The first-order valence-electron chi connectivity index (χ1n) is 22.2. The molecule has 0 aliphatic rings. The van der Waals surface area contributed by atoms with Crippen molar-refractivity contribution in [3.05, 3.63) is 0 Å². The Balaban J connectivity index is 3.83. The number of ether oxygens (including phenoxy) is 4. The minimum absolute atomic E-state index is 0.0263. The molecule has 0 bridgehead atoms. The quantitative estimate of drug-likeness (QED) is 0.0322. The lowest BCUT2D eigenvalue weighted by Crippen LogP contribution is -2.47. The van der Waals surface area contributed by atoms with Crippen molar-refractivity contribution in [1.29, 1.82) is 0 Å². The van der Waals surface area contributed by atoms with E-state index in [0.717, 1.165) is 38.5 Å². The number of aliphatic carboxylic acids is 2. The van der Waals surface area contributed by atoms with Crippen LogP contribution in [-0.4, -0.2) is 135 Å². The average molecular weight is 892 g/mol. The highest BCUT2D eigenvalue weighted by Gasteiger charge is 2.21. The zero-order chi connectivity index (χ0) is 45.2. The summed E-state index contributed by atoms with van der Waals surface area (Å²) < 4.78 is 21.2. The molecule has 0 aromatic rings. The summed E-state index contributed by atoms with van der Waals surface area (Å²) in [7, 11) is 0. The minimum Gasteiger partial charge on any atom is -0.481 e. The predicted molar refractivity (Wildman–Crippen MR) is 233 cm³/mol. The molecule has 0 fully saturated rings. The monoisotopic (exact) mass is 892 g/mol. The summed E-state index contributed by atoms with van der Waals surface area (Å²) in [5.74, 6) is -3.97. The summed E-state index contributed by atoms with van der Waals surface area (Å²) in [6, 6.07) is -1.83. The Morgan fingerprint density at radius 3 is 1.30 bits per heavy atom. The van der Waals surface area contributed by atoms with Crippen LogP contribution in [0.3, 0.4) is 0 Å². The van der Waals surface area contributed by atoms with Crippen molar-refractivity contribution in [2.45, 2.75) is 153 Å². The van der Waals surface area contributed by atoms with E-state index in [1.807, 2.05) is 0 Å². The van der Waals surface area contributed by atoms with Crippen molar-refractivity contribution >= 4 is 54.1 Å². The van der Waals surface area contributed by atoms with E-state index in [9.17, 15) is 33.6 Å². The number of rotatable bonds is 45. The molecule has 8 N–H and O–H groups in total. The Bertz CT molecular complexity index is 1200. The van der Waals surface area contributed by atoms with Crippen LogP contribution in [0.5, 0.6) is 0 Å². The van der Waals surface area contributed by atoms with E-state index in [-0.39, 0.29) is 109 Å². The maximum Gasteiger partial charge on any atom is 0.303 e. The van der Waals surface area contributed by atoms with Gasteiger partial charge in [0.05, 0.1) is 39.6 Å². The molecule has 0 unspecified atom stereocenters. The van der Waals surface area contributed by atoms with Crippen LogP contribution in [0, 0.1) is 0 Å². The number of nitrogens with two attached hydrogens (primary N) is 1. The molecule has 0 rings (SSSR count). The van der Waals surface area contributed by atoms with E-state index >= 15 is 0 Å². The van der Waals surface area contributed by atoms with Gasteiger partial charge in [0, 0.05) is 38.1 Å². The van der Waals surface area contributed by atoms with Crippen LogP contribution in [0.25, 0.3) is 0 Å². The molecular weight excluding hydrogens is 815 g/mol. The Morgan fingerprint density at radius 1 is 0.459 bits per heavy atom. The van der Waals surface area contributed by atoms with Gasteiger partial charge < -0.3 is 56.2 Å². The van der Waals surface area contributed by atoms with E-state index < -0.39 is 41.7 Å². The van der Waals surface area contributed by atoms with Crippen molar-refractivity contribution in [3.63, 3.8) is 0 Å². The van der Waals surface area contributed by atoms with Crippen molar-refractivity contribution in [3.8, 4) is 0 Å². The van der Waals surface area contributed by atoms with Crippen LogP contribution >= 0.6 is 12.6 Å². The Hall–Kier alpha value is -3.52. The number of hydrogen-bond donors (Lipinski definition) is 8. The lowest BCUT2D eigenvalue weighted by molar-refractivity contribution is -0.138. The number of hydrogen-bond acceptors (Lipinski definition) is 12. The van der Waals surface area contributed by atoms with Crippen LogP contribution in [0.4, 0.5) is 0 Å². The van der Waals surface area contributed by atoms with Gasteiger partial charge in [-0.2, -0.15) is 12.6 Å². The van der Waals surface area contributed by atoms with Gasteiger partial charge in [0.25, 0.3) is 0 Å². The molecule has 0 saturated carbocycles. The van der Waals surface area contributed by atoms with Gasteiger partial charge >= 0.3 is 11.9 Å². The third kappa shape index (κ3) is 40.3. The van der Waals surface area contributed by atoms with Crippen LogP contribution in [0.2, 0.25) is 0 Å². The standard InChI is InChI=1S/C42H77N5O13S/c43-41(55)35(33-61)47-38(50)32-60-30-28-57-25-23-44-37(49)31-59-29-27-58-26-24-45-42(56)34(21-22-40(53)54)46-36(48)19-17-15-13-11-9-7-5-3-1-2-4-6-8-10-12-14-16-18-20-39(51)52/h34-35,61H,1-33H2,(H2,43,55)(H,44,49)(H,45,56)(H,46,48)(H,47,50)(H,51,52)(H,53,54)/t34-,35-/m0/s1. The molecule has 18 nitrogen and oxygen atoms in total. The van der Waals surface area contributed by atoms with Gasteiger partial charge in [-0.25, -0.2) is 0 Å². The average Bonchev–Trinajstić information content (AvgIpc) is 3.22. The third-order valence-corrected chi connectivity index (χ3v) is 9.89. The first-order chi connectivity index (χ1) is 29.5. The number of thiol groups is 1. The number of nitrogens with one attached hydrogen (secondary N) is 4. The molecule has 0 aromatic heterocycles. The molecule has 0 spiro atoms. The molecule has 0 saturated heterocycles. The topological polar surface area (TPSA) is 271 Å². The summed E-state index contributed by atoms with van der Waals surface area (Å²) in [4.78, 5) is 81.6. The van der Waals surface area contributed by atoms with Gasteiger partial charge in [0.2, 0.25) is 29.5 Å². The first kappa shape index (κ1) is 57.5. The van der Waals surface area contributed by atoms with E-state index in [2.05, 4.69) is 33.9 Å². The van der Waals surface area contributed by atoms with Gasteiger partial charge in [0.1, 0.15) is 25.3 Å². The number of carbonyl (C=O) groups is 7. The lowest BCUT2D eigenvalue weighted by atomic mass is 10.0. The minimum atomic E-state index is -1.06. The van der Waals surface area contributed by atoms with Gasteiger partial charge in [0.15, 0.2) is 0 Å². The zero-order valence-corrected chi connectivity index (χ0v) is 37.3. The summed E-state index contributed by atoms with van der Waals surface area (Å²) in [5, 5.41) is 28.2. The zero-order valence-electron chi connectivity index (χ0n) is 36.4. The second-order valence-electron chi connectivity index (χ2n) is 15.0. The fourth-order valence-electron chi connectivity index (χ4n) is 6.09. The van der Waals surface area contributed by atoms with E-state index in [1.54, 1.807) is 0 Å². The van der Waals surface area contributed by atoms with Gasteiger partial charge in [-0.05, 0) is 19.3 Å². The maximum absolute atomic E-state index is 12.7. The third-order valence-electron chi connectivity index (χ3n) is 9.53. The molecule has 354 valence electrons. The van der Waals surface area contributed by atoms with Crippen molar-refractivity contribution in [2.75, 3.05) is 71.7 Å². The molecule has 0 aliphatic carbocycles. The van der Waals surface area contributed by atoms with Gasteiger partial charge in [-0.1, -0.05) is 103 Å². The molecule has 2 atom stereocenters. The summed E-state index contributed by atoms with van der Waals surface area (Å²) in [6.07, 6.45) is 20.9. The fourth-order valence-corrected chi connectivity index (χ4v) is 6.36. The normalized spacial score (nSPS) is 12.0. The largest absolute Gasteiger partial charge is 0.481 e. The van der Waals surface area contributed by atoms with Gasteiger partial charge in [-0.15, -0.1) is 0 Å². The predicted octanol–water partition coefficient (Wildman–Crippen LogP) is 3.42. The second-order valence-corrected chi connectivity index (χ2v) is 15.4. The van der Waals surface area contributed by atoms with E-state index in [4.69, 9.17) is 34.9 Å². The molecule has 19 heteroatoms. The van der Waals surface area contributed by atoms with Crippen molar-refractivity contribution in [2.24, 2.45) is 5.73 Å². The van der Waals surface area contributed by atoms with Crippen LogP contribution in [-0.2, 0) is 52.5 Å². The Kier molecular flexibility index (Phi) is 39.4. The second kappa shape index (κ2) is 41.8. The number of carboxylic acid groups (broad SMARTS) is 2. The number of carboxylic acids is 2. The molecule has 5 amide bonds. The number of primary amides is 1. The highest BCUT2D eigenvalue weighted by Crippen LogP contribution is 2.15. The maximum atomic E-state index is 12.7. The molecule has 0 aliphatic heterocycles. The van der Waals surface area contributed by atoms with Gasteiger partial charge in [-0.3, -0.25) is 33.6 Å². The highest BCUT2D eigenvalue weighted by molar-refractivity contribution is 7.80. The van der Waals surface area contributed by atoms with Crippen molar-refractivity contribution < 1.29 is 62.7 Å². The Labute approximate surface area is 368 Å². The molecular formula is C42H77N5O13S. The van der Waals surface area contributed by atoms with Crippen LogP contribution < -0.4 is 27.0 Å². The van der Waals surface area contributed by atoms with E-state index in [1.165, 1.54) is 70.6 Å². The lowest BCUT2D eigenvalue weighted by Gasteiger charge is -2.18. The number of carbonyl (C=O) groups excluding carboxylic acids is 5.